The Morgan fingerprint density at radius 1 is 1.17 bits per heavy atom. The molecule has 66 valence electrons. The first-order chi connectivity index (χ1) is 5.52. The SMILES string of the molecule is CC(C)c1nc(Cl)c(Br)c(Cl)n1. The Kier molecular flexibility index (Phi) is 3.32. The molecule has 0 aromatic carbocycles. The van der Waals surface area contributed by atoms with E-state index in [4.69, 9.17) is 23.2 Å². The summed E-state index contributed by atoms with van der Waals surface area (Å²) in [6.07, 6.45) is 0. The van der Waals surface area contributed by atoms with Crippen molar-refractivity contribution < 1.29 is 0 Å². The fourth-order valence-electron chi connectivity index (χ4n) is 0.668. The minimum absolute atomic E-state index is 0.230. The van der Waals surface area contributed by atoms with Gasteiger partial charge in [0.05, 0.1) is 4.47 Å². The van der Waals surface area contributed by atoms with Crippen LogP contribution in [0.15, 0.2) is 4.47 Å². The smallest absolute Gasteiger partial charge is 0.148 e. The molecule has 0 aliphatic carbocycles. The molecule has 1 rings (SSSR count). The average Bonchev–Trinajstić information content (AvgIpc) is 1.99. The minimum atomic E-state index is 0.230. The Hall–Kier alpha value is 0.140. The molecule has 0 bridgehead atoms. The third kappa shape index (κ3) is 2.09. The van der Waals surface area contributed by atoms with Gasteiger partial charge in [0.2, 0.25) is 0 Å². The van der Waals surface area contributed by atoms with Crippen LogP contribution in [-0.2, 0) is 0 Å². The van der Waals surface area contributed by atoms with Crippen molar-refractivity contribution in [2.24, 2.45) is 0 Å². The van der Waals surface area contributed by atoms with Crippen molar-refractivity contribution in [1.29, 1.82) is 0 Å². The Balaban J connectivity index is 3.21. The maximum atomic E-state index is 5.78. The van der Waals surface area contributed by atoms with Crippen LogP contribution in [0, 0.1) is 0 Å². The Morgan fingerprint density at radius 2 is 1.58 bits per heavy atom. The molecule has 0 fully saturated rings. The molecule has 1 aromatic rings. The van der Waals surface area contributed by atoms with Crippen molar-refractivity contribution in [3.63, 3.8) is 0 Å². The minimum Gasteiger partial charge on any atom is -0.220 e. The second-order valence-electron chi connectivity index (χ2n) is 2.63. The van der Waals surface area contributed by atoms with Crippen molar-refractivity contribution in [2.75, 3.05) is 0 Å². The normalized spacial score (nSPS) is 10.8. The lowest BCUT2D eigenvalue weighted by Crippen LogP contribution is -1.98. The Morgan fingerprint density at radius 3 is 1.92 bits per heavy atom. The van der Waals surface area contributed by atoms with Gasteiger partial charge in [0.15, 0.2) is 0 Å². The lowest BCUT2D eigenvalue weighted by Gasteiger charge is -2.05. The molecule has 0 saturated heterocycles. The van der Waals surface area contributed by atoms with E-state index in [1.807, 2.05) is 13.8 Å². The number of halogens is 3. The van der Waals surface area contributed by atoms with Crippen molar-refractivity contribution in [1.82, 2.24) is 9.97 Å². The number of hydrogen-bond acceptors (Lipinski definition) is 2. The molecule has 0 unspecified atom stereocenters. The quantitative estimate of drug-likeness (QED) is 0.727. The molecule has 2 nitrogen and oxygen atoms in total. The monoisotopic (exact) mass is 268 g/mol. The summed E-state index contributed by atoms with van der Waals surface area (Å²) in [7, 11) is 0. The van der Waals surface area contributed by atoms with E-state index in [0.717, 1.165) is 0 Å². The van der Waals surface area contributed by atoms with Crippen LogP contribution in [0.5, 0.6) is 0 Å². The van der Waals surface area contributed by atoms with Gasteiger partial charge in [-0.25, -0.2) is 9.97 Å². The predicted octanol–water partition coefficient (Wildman–Crippen LogP) is 3.67. The highest BCUT2D eigenvalue weighted by molar-refractivity contribution is 9.10. The molecule has 0 atom stereocenters. The molecule has 0 radical (unpaired) electrons. The predicted molar refractivity (Wildman–Crippen MR) is 53.8 cm³/mol. The van der Waals surface area contributed by atoms with E-state index in [-0.39, 0.29) is 5.92 Å². The third-order valence-corrected chi connectivity index (χ3v) is 3.06. The molecular weight excluding hydrogens is 263 g/mol. The number of rotatable bonds is 1. The van der Waals surface area contributed by atoms with Crippen molar-refractivity contribution in [2.45, 2.75) is 19.8 Å². The van der Waals surface area contributed by atoms with Crippen LogP contribution in [0.3, 0.4) is 0 Å². The van der Waals surface area contributed by atoms with Crippen LogP contribution in [0.4, 0.5) is 0 Å². The van der Waals surface area contributed by atoms with Gasteiger partial charge in [-0.2, -0.15) is 0 Å². The van der Waals surface area contributed by atoms with Gasteiger partial charge in [-0.15, -0.1) is 0 Å². The summed E-state index contributed by atoms with van der Waals surface area (Å²) < 4.78 is 0.551. The van der Waals surface area contributed by atoms with E-state index in [1.54, 1.807) is 0 Å². The first-order valence-electron chi connectivity index (χ1n) is 3.40. The molecule has 0 aliphatic rings. The van der Waals surface area contributed by atoms with Gasteiger partial charge in [-0.3, -0.25) is 0 Å². The van der Waals surface area contributed by atoms with Gasteiger partial charge >= 0.3 is 0 Å². The molecule has 5 heteroatoms. The van der Waals surface area contributed by atoms with Gasteiger partial charge in [-0.05, 0) is 15.9 Å². The number of hydrogen-bond donors (Lipinski definition) is 0. The van der Waals surface area contributed by atoms with Crippen LogP contribution in [0.25, 0.3) is 0 Å². The molecule has 0 saturated carbocycles. The van der Waals surface area contributed by atoms with E-state index in [9.17, 15) is 0 Å². The van der Waals surface area contributed by atoms with Gasteiger partial charge in [0.25, 0.3) is 0 Å². The molecular formula is C7H7BrCl2N2. The van der Waals surface area contributed by atoms with Crippen molar-refractivity contribution in [3.8, 4) is 0 Å². The second-order valence-corrected chi connectivity index (χ2v) is 4.14. The lowest BCUT2D eigenvalue weighted by atomic mass is 10.2. The van der Waals surface area contributed by atoms with E-state index in [0.29, 0.717) is 20.6 Å². The van der Waals surface area contributed by atoms with Crippen LogP contribution >= 0.6 is 39.1 Å². The number of nitrogens with zero attached hydrogens (tertiary/aromatic N) is 2. The highest BCUT2D eigenvalue weighted by Crippen LogP contribution is 2.28. The molecule has 0 N–H and O–H groups in total. The van der Waals surface area contributed by atoms with E-state index < -0.39 is 0 Å². The molecule has 0 amide bonds. The fourth-order valence-corrected chi connectivity index (χ4v) is 1.25. The molecule has 12 heavy (non-hydrogen) atoms. The van der Waals surface area contributed by atoms with Crippen LogP contribution in [0.2, 0.25) is 10.3 Å². The van der Waals surface area contributed by atoms with Crippen LogP contribution < -0.4 is 0 Å². The second kappa shape index (κ2) is 3.90. The van der Waals surface area contributed by atoms with Crippen molar-refractivity contribution >= 4 is 39.1 Å². The zero-order valence-corrected chi connectivity index (χ0v) is 9.70. The number of aromatic nitrogens is 2. The summed E-state index contributed by atoms with van der Waals surface area (Å²) in [5.41, 5.74) is 0. The standard InChI is InChI=1S/C7H7BrCl2N2/c1-3(2)7-11-5(9)4(8)6(10)12-7/h3H,1-2H3. The first kappa shape index (κ1) is 10.2. The summed E-state index contributed by atoms with van der Waals surface area (Å²) in [6, 6.07) is 0. The summed E-state index contributed by atoms with van der Waals surface area (Å²) >= 11 is 14.7. The van der Waals surface area contributed by atoms with Gasteiger partial charge in [-0.1, -0.05) is 37.0 Å². The largest absolute Gasteiger partial charge is 0.220 e. The van der Waals surface area contributed by atoms with Gasteiger partial charge < -0.3 is 0 Å². The topological polar surface area (TPSA) is 25.8 Å². The maximum absolute atomic E-state index is 5.78. The Bertz CT molecular complexity index is 278. The van der Waals surface area contributed by atoms with Gasteiger partial charge in [0, 0.05) is 5.92 Å². The summed E-state index contributed by atoms with van der Waals surface area (Å²) in [4.78, 5) is 8.11. The first-order valence-corrected chi connectivity index (χ1v) is 4.95. The van der Waals surface area contributed by atoms with Crippen molar-refractivity contribution in [3.05, 3.63) is 20.6 Å². The molecule has 1 aromatic heterocycles. The van der Waals surface area contributed by atoms with E-state index in [2.05, 4.69) is 25.9 Å². The highest BCUT2D eigenvalue weighted by Gasteiger charge is 2.10. The molecule has 1 heterocycles. The van der Waals surface area contributed by atoms with Crippen LogP contribution in [-0.4, -0.2) is 9.97 Å². The van der Waals surface area contributed by atoms with E-state index >= 15 is 0 Å². The zero-order chi connectivity index (χ0) is 9.30. The van der Waals surface area contributed by atoms with Crippen LogP contribution in [0.1, 0.15) is 25.6 Å². The summed E-state index contributed by atoms with van der Waals surface area (Å²) in [5, 5.41) is 0.720. The maximum Gasteiger partial charge on any atom is 0.148 e. The Labute approximate surface area is 89.4 Å². The average molecular weight is 270 g/mol. The van der Waals surface area contributed by atoms with E-state index in [1.165, 1.54) is 0 Å². The molecule has 0 spiro atoms. The lowest BCUT2D eigenvalue weighted by molar-refractivity contribution is 0.772. The third-order valence-electron chi connectivity index (χ3n) is 1.30. The summed E-state index contributed by atoms with van der Waals surface area (Å²) in [5.74, 6) is 0.890. The summed E-state index contributed by atoms with van der Waals surface area (Å²) in [6.45, 7) is 3.96. The van der Waals surface area contributed by atoms with Gasteiger partial charge in [0.1, 0.15) is 16.1 Å². The zero-order valence-electron chi connectivity index (χ0n) is 6.61. The highest BCUT2D eigenvalue weighted by atomic mass is 79.9. The molecule has 0 aliphatic heterocycles. The fraction of sp³-hybridized carbons (Fsp3) is 0.429.